The third-order valence-electron chi connectivity index (χ3n) is 1.85. The van der Waals surface area contributed by atoms with Crippen LogP contribution in [0.4, 0.5) is 11.4 Å². The molecule has 1 rings (SSSR count). The molecule has 0 aliphatic heterocycles. The van der Waals surface area contributed by atoms with Crippen molar-refractivity contribution in [2.75, 3.05) is 19.0 Å². The van der Waals surface area contributed by atoms with Crippen molar-refractivity contribution in [3.05, 3.63) is 28.3 Å². The molecular formula is C8H19N4O7P. The van der Waals surface area contributed by atoms with E-state index in [1.165, 1.54) is 19.0 Å². The number of nitro groups is 1. The van der Waals surface area contributed by atoms with Gasteiger partial charge < -0.3 is 41.6 Å². The molecule has 10 N–H and O–H groups in total. The molecule has 0 radical (unpaired) electrons. The van der Waals surface area contributed by atoms with E-state index in [1.54, 1.807) is 0 Å². The van der Waals surface area contributed by atoms with Gasteiger partial charge in [-0.2, -0.15) is 0 Å². The maximum absolute atomic E-state index is 10.5. The summed E-state index contributed by atoms with van der Waals surface area (Å²) < 4.78 is 14.7. The second-order valence-electron chi connectivity index (χ2n) is 3.34. The number of non-ortho nitro benzene ring substituents is 1. The van der Waals surface area contributed by atoms with Crippen LogP contribution in [0.25, 0.3) is 0 Å². The molecule has 0 aliphatic rings. The summed E-state index contributed by atoms with van der Waals surface area (Å²) in [4.78, 5) is 32.3. The number of quaternary nitrogens is 2. The molecule has 1 aromatic rings. The Bertz CT molecular complexity index is 490. The monoisotopic (exact) mass is 314 g/mol. The number of phosphoric acid groups is 1. The second kappa shape index (κ2) is 8.43. The van der Waals surface area contributed by atoms with Crippen molar-refractivity contribution in [1.29, 1.82) is 0 Å². The van der Waals surface area contributed by atoms with Crippen LogP contribution in [-0.4, -0.2) is 24.5 Å². The second-order valence-corrected chi connectivity index (χ2v) is 4.42. The SMILES string of the molecule is CN(C)c1cc([N+](=O)[O-])ccc1OP(=O)([O-])[O-].O.[NH4+].[NH4+]. The third-order valence-corrected chi connectivity index (χ3v) is 2.27. The highest BCUT2D eigenvalue weighted by atomic mass is 31.2. The Labute approximate surface area is 115 Å². The van der Waals surface area contributed by atoms with Gasteiger partial charge in [-0.3, -0.25) is 10.1 Å². The minimum Gasteiger partial charge on any atom is -0.780 e. The highest BCUT2D eigenvalue weighted by Crippen LogP contribution is 2.38. The van der Waals surface area contributed by atoms with E-state index in [0.717, 1.165) is 18.2 Å². The lowest BCUT2D eigenvalue weighted by Gasteiger charge is -2.30. The zero-order valence-corrected chi connectivity index (χ0v) is 12.4. The predicted octanol–water partition coefficient (Wildman–Crippen LogP) is -0.204. The van der Waals surface area contributed by atoms with Gasteiger partial charge in [0, 0.05) is 26.2 Å². The molecule has 0 bridgehead atoms. The topological polar surface area (TPSA) is 223 Å². The minimum absolute atomic E-state index is 0. The van der Waals surface area contributed by atoms with Gasteiger partial charge in [0.25, 0.3) is 5.69 Å². The lowest BCUT2D eigenvalue weighted by atomic mass is 10.2. The molecule has 0 amide bonds. The maximum atomic E-state index is 10.5. The highest BCUT2D eigenvalue weighted by molar-refractivity contribution is 7.43. The Balaban J connectivity index is -0.000000963. The summed E-state index contributed by atoms with van der Waals surface area (Å²) >= 11 is 0. The molecule has 0 atom stereocenters. The molecule has 118 valence electrons. The summed E-state index contributed by atoms with van der Waals surface area (Å²) in [6, 6.07) is 3.24. The minimum atomic E-state index is -5.19. The summed E-state index contributed by atoms with van der Waals surface area (Å²) in [6.07, 6.45) is 0. The molecule has 0 saturated heterocycles. The fourth-order valence-corrected chi connectivity index (χ4v) is 1.56. The van der Waals surface area contributed by atoms with Crippen LogP contribution in [0.15, 0.2) is 18.2 Å². The van der Waals surface area contributed by atoms with E-state index in [-0.39, 0.29) is 34.9 Å². The van der Waals surface area contributed by atoms with Crippen molar-refractivity contribution in [2.24, 2.45) is 0 Å². The number of anilines is 1. The average Bonchev–Trinajstić information content (AvgIpc) is 2.14. The molecule has 0 saturated carbocycles. The first-order valence-corrected chi connectivity index (χ1v) is 5.84. The largest absolute Gasteiger partial charge is 0.780 e. The molecule has 0 fully saturated rings. The summed E-state index contributed by atoms with van der Waals surface area (Å²) in [5, 5.41) is 10.5. The molecule has 0 heterocycles. The summed E-state index contributed by atoms with van der Waals surface area (Å²) in [6.45, 7) is 0. The van der Waals surface area contributed by atoms with Gasteiger partial charge in [-0.05, 0) is 6.07 Å². The first kappa shape index (κ1) is 23.4. The van der Waals surface area contributed by atoms with E-state index < -0.39 is 12.7 Å². The summed E-state index contributed by atoms with van der Waals surface area (Å²) in [5.41, 5.74) is -0.0983. The van der Waals surface area contributed by atoms with Gasteiger partial charge in [0.1, 0.15) is 13.6 Å². The quantitative estimate of drug-likeness (QED) is 0.431. The van der Waals surface area contributed by atoms with Crippen molar-refractivity contribution >= 4 is 19.2 Å². The normalized spacial score (nSPS) is 9.40. The van der Waals surface area contributed by atoms with Crippen LogP contribution < -0.4 is 31.5 Å². The van der Waals surface area contributed by atoms with Crippen molar-refractivity contribution in [3.63, 3.8) is 0 Å². The molecule has 20 heavy (non-hydrogen) atoms. The van der Waals surface area contributed by atoms with E-state index in [1.807, 2.05) is 0 Å². The first-order valence-electron chi connectivity index (χ1n) is 4.38. The smallest absolute Gasteiger partial charge is 0.271 e. The maximum Gasteiger partial charge on any atom is 0.271 e. The predicted molar refractivity (Wildman–Crippen MR) is 71.2 cm³/mol. The van der Waals surface area contributed by atoms with Crippen molar-refractivity contribution in [1.82, 2.24) is 12.3 Å². The van der Waals surface area contributed by atoms with Crippen molar-refractivity contribution in [3.8, 4) is 5.75 Å². The molecule has 11 nitrogen and oxygen atoms in total. The van der Waals surface area contributed by atoms with Gasteiger partial charge in [-0.1, -0.05) is 0 Å². The van der Waals surface area contributed by atoms with E-state index in [0.29, 0.717) is 0 Å². The Morgan fingerprint density at radius 1 is 1.25 bits per heavy atom. The van der Waals surface area contributed by atoms with Gasteiger partial charge in [0.05, 0.1) is 10.6 Å². The fourth-order valence-electron chi connectivity index (χ4n) is 1.17. The molecule has 1 aromatic carbocycles. The fraction of sp³-hybridized carbons (Fsp3) is 0.250. The van der Waals surface area contributed by atoms with E-state index >= 15 is 0 Å². The van der Waals surface area contributed by atoms with Crippen molar-refractivity contribution in [2.45, 2.75) is 0 Å². The molecular weight excluding hydrogens is 295 g/mol. The van der Waals surface area contributed by atoms with Gasteiger partial charge in [-0.25, -0.2) is 0 Å². The number of nitrogens with zero attached hydrogens (tertiary/aromatic N) is 2. The number of hydrogen-bond acceptors (Lipinski definition) is 7. The summed E-state index contributed by atoms with van der Waals surface area (Å²) in [5.74, 6) is -0.242. The standard InChI is InChI=1S/C8H11N2O6P.2H3N.H2O/c1-9(2)7-5-6(10(11)12)3-4-8(7)16-17(13,14)15;;;/h3-5H,1-2H3,(H2,13,14,15);2*1H3;1H2. The van der Waals surface area contributed by atoms with Crippen LogP contribution in [0.1, 0.15) is 0 Å². The average molecular weight is 314 g/mol. The number of rotatable bonds is 4. The Hall–Kier alpha value is -1.75. The third kappa shape index (κ3) is 6.43. The number of phosphoric ester groups is 1. The molecule has 0 spiro atoms. The van der Waals surface area contributed by atoms with E-state index in [4.69, 9.17) is 0 Å². The number of hydrogen-bond donors (Lipinski definition) is 2. The van der Waals surface area contributed by atoms with Gasteiger partial charge in [-0.15, -0.1) is 0 Å². The Morgan fingerprint density at radius 2 is 1.75 bits per heavy atom. The summed E-state index contributed by atoms with van der Waals surface area (Å²) in [7, 11) is -2.12. The van der Waals surface area contributed by atoms with Crippen LogP contribution >= 0.6 is 7.82 Å². The number of benzene rings is 1. The van der Waals surface area contributed by atoms with Crippen LogP contribution in [0.3, 0.4) is 0 Å². The Kier molecular flexibility index (Phi) is 9.84. The molecule has 12 heteroatoms. The first-order chi connectivity index (χ1) is 7.70. The van der Waals surface area contributed by atoms with Gasteiger partial charge >= 0.3 is 0 Å². The van der Waals surface area contributed by atoms with Crippen LogP contribution in [-0.2, 0) is 4.57 Å². The zero-order valence-electron chi connectivity index (χ0n) is 11.5. The van der Waals surface area contributed by atoms with Crippen LogP contribution in [0.2, 0.25) is 0 Å². The van der Waals surface area contributed by atoms with Crippen molar-refractivity contribution < 1.29 is 29.3 Å². The van der Waals surface area contributed by atoms with Gasteiger partial charge in [0.2, 0.25) is 0 Å². The van der Waals surface area contributed by atoms with Crippen LogP contribution in [0.5, 0.6) is 5.75 Å². The lowest BCUT2D eigenvalue weighted by Crippen LogP contribution is -2.20. The lowest BCUT2D eigenvalue weighted by molar-refractivity contribution is -0.384. The highest BCUT2D eigenvalue weighted by Gasteiger charge is 2.13. The molecule has 0 aromatic heterocycles. The Morgan fingerprint density at radius 3 is 2.10 bits per heavy atom. The number of nitro benzene ring substituents is 1. The molecule has 0 aliphatic carbocycles. The van der Waals surface area contributed by atoms with Crippen LogP contribution in [0, 0.1) is 10.1 Å². The van der Waals surface area contributed by atoms with Gasteiger partial charge in [0.15, 0.2) is 0 Å². The van der Waals surface area contributed by atoms with E-state index in [9.17, 15) is 24.5 Å². The van der Waals surface area contributed by atoms with E-state index in [2.05, 4.69) is 4.52 Å². The molecule has 0 unspecified atom stereocenters. The zero-order chi connectivity index (χ0) is 13.2.